The number of carbonyl (C=O) groups excluding carboxylic acids is 1. The summed E-state index contributed by atoms with van der Waals surface area (Å²) in [7, 11) is 0. The standard InChI is InChI=1S/C17H26N4O/c1-16(2,3)11-20-14(22)13-10-21(12-17(13)6-4-7-17)15-18-8-5-9-19-15/h5,8-9,13H,4,6-7,10-12H2,1-3H3,(H,20,22). The highest BCUT2D eigenvalue weighted by Gasteiger charge is 2.53. The first-order valence-corrected chi connectivity index (χ1v) is 8.19. The molecule has 0 radical (unpaired) electrons. The van der Waals surface area contributed by atoms with E-state index in [1.54, 1.807) is 12.4 Å². The Hall–Kier alpha value is -1.65. The normalized spacial score (nSPS) is 23.4. The van der Waals surface area contributed by atoms with Crippen LogP contribution in [0.5, 0.6) is 0 Å². The Morgan fingerprint density at radius 2 is 2.05 bits per heavy atom. The van der Waals surface area contributed by atoms with Gasteiger partial charge in [-0.1, -0.05) is 27.2 Å². The maximum atomic E-state index is 12.7. The maximum Gasteiger partial charge on any atom is 0.225 e. The number of nitrogens with one attached hydrogen (secondary N) is 1. The minimum Gasteiger partial charge on any atom is -0.355 e. The summed E-state index contributed by atoms with van der Waals surface area (Å²) in [5.74, 6) is 1.01. The van der Waals surface area contributed by atoms with E-state index in [0.29, 0.717) is 0 Å². The third kappa shape index (κ3) is 2.94. The lowest BCUT2D eigenvalue weighted by atomic mass is 9.62. The van der Waals surface area contributed by atoms with Crippen molar-refractivity contribution in [2.75, 3.05) is 24.5 Å². The fourth-order valence-electron chi connectivity index (χ4n) is 3.55. The second-order valence-electron chi connectivity index (χ2n) is 7.98. The third-order valence-corrected chi connectivity index (χ3v) is 4.94. The molecule has 1 saturated heterocycles. The number of amides is 1. The quantitative estimate of drug-likeness (QED) is 0.930. The van der Waals surface area contributed by atoms with Gasteiger partial charge in [-0.05, 0) is 24.3 Å². The zero-order valence-corrected chi connectivity index (χ0v) is 13.8. The Kier molecular flexibility index (Phi) is 3.83. The van der Waals surface area contributed by atoms with Gasteiger partial charge >= 0.3 is 0 Å². The first kappa shape index (κ1) is 15.3. The van der Waals surface area contributed by atoms with E-state index >= 15 is 0 Å². The Bertz CT molecular complexity index is 533. The van der Waals surface area contributed by atoms with Gasteiger partial charge in [0, 0.05) is 37.4 Å². The van der Waals surface area contributed by atoms with E-state index in [2.05, 4.69) is 41.0 Å². The van der Waals surface area contributed by atoms with Crippen LogP contribution in [0.3, 0.4) is 0 Å². The second kappa shape index (κ2) is 5.52. The lowest BCUT2D eigenvalue weighted by Gasteiger charge is -2.42. The van der Waals surface area contributed by atoms with Gasteiger partial charge in [-0.25, -0.2) is 9.97 Å². The molecule has 1 aliphatic carbocycles. The fraction of sp³-hybridized carbons (Fsp3) is 0.706. The molecule has 1 aromatic rings. The average molecular weight is 302 g/mol. The molecule has 1 spiro atoms. The fourth-order valence-corrected chi connectivity index (χ4v) is 3.55. The van der Waals surface area contributed by atoms with Gasteiger partial charge in [0.05, 0.1) is 5.92 Å². The monoisotopic (exact) mass is 302 g/mol. The molecule has 2 aliphatic rings. The van der Waals surface area contributed by atoms with E-state index in [4.69, 9.17) is 0 Å². The van der Waals surface area contributed by atoms with Gasteiger partial charge in [0.1, 0.15) is 0 Å². The summed E-state index contributed by atoms with van der Waals surface area (Å²) in [4.78, 5) is 23.6. The molecule has 5 nitrogen and oxygen atoms in total. The van der Waals surface area contributed by atoms with E-state index in [1.165, 1.54) is 6.42 Å². The molecule has 1 unspecified atom stereocenters. The van der Waals surface area contributed by atoms with E-state index in [1.807, 2.05) is 6.07 Å². The van der Waals surface area contributed by atoms with Gasteiger partial charge in [-0.2, -0.15) is 0 Å². The summed E-state index contributed by atoms with van der Waals surface area (Å²) in [6.07, 6.45) is 7.05. The molecule has 5 heteroatoms. The van der Waals surface area contributed by atoms with Gasteiger partial charge in [-0.15, -0.1) is 0 Å². The summed E-state index contributed by atoms with van der Waals surface area (Å²) in [6, 6.07) is 1.83. The lowest BCUT2D eigenvalue weighted by Crippen LogP contribution is -2.46. The van der Waals surface area contributed by atoms with E-state index in [-0.39, 0.29) is 22.7 Å². The molecule has 1 aliphatic heterocycles. The molecule has 0 bridgehead atoms. The Morgan fingerprint density at radius 3 is 2.59 bits per heavy atom. The predicted molar refractivity (Wildman–Crippen MR) is 86.5 cm³/mol. The largest absolute Gasteiger partial charge is 0.355 e. The van der Waals surface area contributed by atoms with Crippen molar-refractivity contribution in [1.29, 1.82) is 0 Å². The highest BCUT2D eigenvalue weighted by atomic mass is 16.2. The van der Waals surface area contributed by atoms with Crippen molar-refractivity contribution in [2.45, 2.75) is 40.0 Å². The summed E-state index contributed by atoms with van der Waals surface area (Å²) >= 11 is 0. The third-order valence-electron chi connectivity index (χ3n) is 4.94. The zero-order chi connectivity index (χ0) is 15.8. The highest BCUT2D eigenvalue weighted by molar-refractivity contribution is 5.81. The molecule has 22 heavy (non-hydrogen) atoms. The Morgan fingerprint density at radius 1 is 1.36 bits per heavy atom. The van der Waals surface area contributed by atoms with Crippen molar-refractivity contribution in [2.24, 2.45) is 16.7 Å². The summed E-state index contributed by atoms with van der Waals surface area (Å²) < 4.78 is 0. The van der Waals surface area contributed by atoms with Crippen molar-refractivity contribution < 1.29 is 4.79 Å². The molecule has 0 aromatic carbocycles. The summed E-state index contributed by atoms with van der Waals surface area (Å²) in [5, 5.41) is 3.15. The van der Waals surface area contributed by atoms with E-state index in [0.717, 1.165) is 38.4 Å². The van der Waals surface area contributed by atoms with Gasteiger partial charge in [0.2, 0.25) is 11.9 Å². The van der Waals surface area contributed by atoms with Crippen molar-refractivity contribution in [1.82, 2.24) is 15.3 Å². The number of carbonyl (C=O) groups is 1. The van der Waals surface area contributed by atoms with Crippen molar-refractivity contribution in [3.8, 4) is 0 Å². The van der Waals surface area contributed by atoms with Crippen LogP contribution in [0.15, 0.2) is 18.5 Å². The molecule has 2 fully saturated rings. The molecule has 1 N–H and O–H groups in total. The Labute approximate surface area is 132 Å². The van der Waals surface area contributed by atoms with Crippen LogP contribution in [0.2, 0.25) is 0 Å². The molecule has 1 aromatic heterocycles. The highest BCUT2D eigenvalue weighted by Crippen LogP contribution is 2.52. The molecular formula is C17H26N4O. The van der Waals surface area contributed by atoms with Crippen molar-refractivity contribution >= 4 is 11.9 Å². The molecule has 1 saturated carbocycles. The maximum absolute atomic E-state index is 12.7. The first-order valence-electron chi connectivity index (χ1n) is 8.19. The van der Waals surface area contributed by atoms with E-state index < -0.39 is 0 Å². The second-order valence-corrected chi connectivity index (χ2v) is 7.98. The van der Waals surface area contributed by atoms with Crippen LogP contribution in [0.4, 0.5) is 5.95 Å². The summed E-state index contributed by atoms with van der Waals surface area (Å²) in [6.45, 7) is 8.80. The topological polar surface area (TPSA) is 58.1 Å². The smallest absolute Gasteiger partial charge is 0.225 e. The number of anilines is 1. The average Bonchev–Trinajstić information content (AvgIpc) is 2.86. The van der Waals surface area contributed by atoms with Crippen LogP contribution in [0.1, 0.15) is 40.0 Å². The SMILES string of the molecule is CC(C)(C)CNC(=O)C1CN(c2ncccn2)CC12CCC2. The molecule has 3 rings (SSSR count). The van der Waals surface area contributed by atoms with Crippen LogP contribution in [-0.4, -0.2) is 35.5 Å². The van der Waals surface area contributed by atoms with Crippen molar-refractivity contribution in [3.05, 3.63) is 18.5 Å². The zero-order valence-electron chi connectivity index (χ0n) is 13.8. The molecule has 1 amide bonds. The summed E-state index contributed by atoms with van der Waals surface area (Å²) in [5.41, 5.74) is 0.254. The van der Waals surface area contributed by atoms with Crippen LogP contribution >= 0.6 is 0 Å². The number of aromatic nitrogens is 2. The van der Waals surface area contributed by atoms with Gasteiger partial charge in [0.15, 0.2) is 0 Å². The molecule has 120 valence electrons. The van der Waals surface area contributed by atoms with Crippen molar-refractivity contribution in [3.63, 3.8) is 0 Å². The first-order chi connectivity index (χ1) is 10.4. The van der Waals surface area contributed by atoms with Crippen LogP contribution < -0.4 is 10.2 Å². The lowest BCUT2D eigenvalue weighted by molar-refractivity contribution is -0.130. The minimum atomic E-state index is 0.0624. The predicted octanol–water partition coefficient (Wildman–Crippen LogP) is 2.25. The Balaban J connectivity index is 1.71. The van der Waals surface area contributed by atoms with Gasteiger partial charge < -0.3 is 10.2 Å². The van der Waals surface area contributed by atoms with Crippen LogP contribution in [-0.2, 0) is 4.79 Å². The number of rotatable bonds is 3. The van der Waals surface area contributed by atoms with Crippen LogP contribution in [0, 0.1) is 16.7 Å². The number of hydrogen-bond donors (Lipinski definition) is 1. The number of hydrogen-bond acceptors (Lipinski definition) is 4. The molecule has 2 heterocycles. The minimum absolute atomic E-state index is 0.0624. The van der Waals surface area contributed by atoms with Crippen LogP contribution in [0.25, 0.3) is 0 Å². The number of nitrogens with zero attached hydrogens (tertiary/aromatic N) is 3. The van der Waals surface area contributed by atoms with Gasteiger partial charge in [0.25, 0.3) is 0 Å². The molecule has 1 atom stereocenters. The molecular weight excluding hydrogens is 276 g/mol. The van der Waals surface area contributed by atoms with Gasteiger partial charge in [-0.3, -0.25) is 4.79 Å². The van der Waals surface area contributed by atoms with E-state index in [9.17, 15) is 4.79 Å².